The lowest BCUT2D eigenvalue weighted by Crippen LogP contribution is -2.40. The molecule has 1 amide bonds. The second-order valence-corrected chi connectivity index (χ2v) is 9.56. The van der Waals surface area contributed by atoms with Crippen LogP contribution in [0.25, 0.3) is 10.9 Å². The zero-order valence-corrected chi connectivity index (χ0v) is 18.6. The van der Waals surface area contributed by atoms with Crippen LogP contribution < -0.4 is 5.32 Å². The maximum atomic E-state index is 13.2. The Morgan fingerprint density at radius 1 is 1.06 bits per heavy atom. The minimum atomic E-state index is -3.88. The number of amides is 1. The first kappa shape index (κ1) is 21.9. The lowest BCUT2D eigenvalue weighted by atomic mass is 10.1. The number of fused-ring (bicyclic) bond motifs is 1. The van der Waals surface area contributed by atoms with Gasteiger partial charge in [0.05, 0.1) is 24.2 Å². The first-order valence-electron chi connectivity index (χ1n) is 10.3. The third-order valence-corrected chi connectivity index (χ3v) is 7.09. The van der Waals surface area contributed by atoms with Crippen LogP contribution in [-0.2, 0) is 27.8 Å². The topological polar surface area (TPSA) is 95.4 Å². The van der Waals surface area contributed by atoms with E-state index in [1.165, 1.54) is 6.26 Å². The number of hydrogen-bond acceptors (Lipinski definition) is 4. The fourth-order valence-corrected chi connectivity index (χ4v) is 4.92. The average Bonchev–Trinajstić information content (AvgIpc) is 3.44. The van der Waals surface area contributed by atoms with E-state index in [1.54, 1.807) is 36.4 Å². The van der Waals surface area contributed by atoms with Crippen LogP contribution in [-0.4, -0.2) is 36.7 Å². The van der Waals surface area contributed by atoms with Crippen LogP contribution >= 0.6 is 0 Å². The number of carbonyl (C=O) groups excluding carboxylic acids is 1. The maximum absolute atomic E-state index is 13.2. The van der Waals surface area contributed by atoms with Crippen molar-refractivity contribution in [1.82, 2.24) is 14.6 Å². The summed E-state index contributed by atoms with van der Waals surface area (Å²) in [6.45, 7) is 1.96. The van der Waals surface area contributed by atoms with Crippen LogP contribution in [0.4, 0.5) is 0 Å². The number of hydrogen-bond donors (Lipinski definition) is 2. The fourth-order valence-electron chi connectivity index (χ4n) is 3.55. The van der Waals surface area contributed by atoms with Gasteiger partial charge < -0.3 is 14.7 Å². The Morgan fingerprint density at radius 3 is 2.59 bits per heavy atom. The molecule has 0 unspecified atom stereocenters. The first-order valence-corrected chi connectivity index (χ1v) is 11.8. The Hall–Kier alpha value is -3.36. The monoisotopic (exact) mass is 451 g/mol. The van der Waals surface area contributed by atoms with E-state index in [2.05, 4.69) is 10.3 Å². The molecule has 0 bridgehead atoms. The van der Waals surface area contributed by atoms with E-state index in [9.17, 15) is 13.2 Å². The molecule has 0 aliphatic heterocycles. The average molecular weight is 452 g/mol. The van der Waals surface area contributed by atoms with Gasteiger partial charge in [-0.05, 0) is 49.2 Å². The number of sulfonamides is 1. The number of nitrogens with zero attached hydrogens (tertiary/aromatic N) is 1. The van der Waals surface area contributed by atoms with E-state index >= 15 is 0 Å². The van der Waals surface area contributed by atoms with E-state index in [0.29, 0.717) is 18.7 Å². The van der Waals surface area contributed by atoms with Crippen LogP contribution in [0.15, 0.2) is 82.4 Å². The Kier molecular flexibility index (Phi) is 6.43. The van der Waals surface area contributed by atoms with Crippen molar-refractivity contribution in [3.05, 3.63) is 90.0 Å². The molecule has 0 aliphatic rings. The Labute approximate surface area is 187 Å². The Morgan fingerprint density at radius 2 is 1.84 bits per heavy atom. The number of para-hydroxylation sites is 1. The van der Waals surface area contributed by atoms with Crippen LogP contribution in [0, 0.1) is 6.92 Å². The quantitative estimate of drug-likeness (QED) is 0.406. The molecule has 2 heterocycles. The lowest BCUT2D eigenvalue weighted by molar-refractivity contribution is -0.121. The van der Waals surface area contributed by atoms with Crippen molar-refractivity contribution in [2.45, 2.75) is 24.8 Å². The van der Waals surface area contributed by atoms with Crippen LogP contribution in [0.2, 0.25) is 0 Å². The molecular formula is C24H25N3O4S. The molecule has 0 spiro atoms. The number of nitrogens with one attached hydrogen (secondary N) is 2. The zero-order valence-electron chi connectivity index (χ0n) is 17.7. The Balaban J connectivity index is 1.44. The van der Waals surface area contributed by atoms with Crippen molar-refractivity contribution in [3.63, 3.8) is 0 Å². The largest absolute Gasteiger partial charge is 0.468 e. The number of aryl methyl sites for hydroxylation is 1. The molecule has 0 aliphatic carbocycles. The molecule has 8 heteroatoms. The summed E-state index contributed by atoms with van der Waals surface area (Å²) in [5, 5.41) is 3.95. The number of H-pyrrole nitrogens is 1. The standard InChI is InChI=1S/C24H25N3O4S/c1-18-8-10-21(11-9-18)32(29,30)27(16-20-5-4-14-31-20)17-24(28)25-13-12-19-15-26-23-7-3-2-6-22(19)23/h2-11,14-15,26H,12-13,16-17H2,1H3,(H,25,28). The molecule has 2 aromatic heterocycles. The van der Waals surface area contributed by atoms with E-state index < -0.39 is 10.0 Å². The van der Waals surface area contributed by atoms with Crippen molar-refractivity contribution in [3.8, 4) is 0 Å². The summed E-state index contributed by atoms with van der Waals surface area (Å²) in [6.07, 6.45) is 4.05. The number of aromatic amines is 1. The van der Waals surface area contributed by atoms with Gasteiger partial charge in [-0.2, -0.15) is 4.31 Å². The smallest absolute Gasteiger partial charge is 0.243 e. The minimum Gasteiger partial charge on any atom is -0.468 e. The van der Waals surface area contributed by atoms with Crippen molar-refractivity contribution in [1.29, 1.82) is 0 Å². The number of aromatic nitrogens is 1. The number of benzene rings is 2. The van der Waals surface area contributed by atoms with Crippen LogP contribution in [0.3, 0.4) is 0 Å². The summed E-state index contributed by atoms with van der Waals surface area (Å²) in [7, 11) is -3.88. The molecule has 4 rings (SSSR count). The Bertz CT molecular complexity index is 1290. The highest BCUT2D eigenvalue weighted by Crippen LogP contribution is 2.20. The van der Waals surface area contributed by atoms with Crippen molar-refractivity contribution < 1.29 is 17.6 Å². The van der Waals surface area contributed by atoms with Gasteiger partial charge in [-0.15, -0.1) is 0 Å². The van der Waals surface area contributed by atoms with Crippen LogP contribution in [0.1, 0.15) is 16.9 Å². The molecule has 0 saturated carbocycles. The summed E-state index contributed by atoms with van der Waals surface area (Å²) in [4.78, 5) is 16.0. The summed E-state index contributed by atoms with van der Waals surface area (Å²) in [5.41, 5.74) is 3.10. The molecule has 0 atom stereocenters. The molecule has 0 saturated heterocycles. The van der Waals surface area contributed by atoms with Gasteiger partial charge in [-0.1, -0.05) is 35.9 Å². The molecule has 2 aromatic carbocycles. The second kappa shape index (κ2) is 9.42. The molecule has 4 aromatic rings. The lowest BCUT2D eigenvalue weighted by Gasteiger charge is -2.21. The summed E-state index contributed by atoms with van der Waals surface area (Å²) in [5.74, 6) is 0.0966. The summed E-state index contributed by atoms with van der Waals surface area (Å²) >= 11 is 0. The van der Waals surface area contributed by atoms with E-state index in [4.69, 9.17) is 4.42 Å². The fraction of sp³-hybridized carbons (Fsp3) is 0.208. The van der Waals surface area contributed by atoms with E-state index in [0.717, 1.165) is 26.3 Å². The first-order chi connectivity index (χ1) is 15.4. The molecular weight excluding hydrogens is 426 g/mol. The third-order valence-electron chi connectivity index (χ3n) is 5.28. The van der Waals surface area contributed by atoms with Crippen molar-refractivity contribution in [2.24, 2.45) is 0 Å². The van der Waals surface area contributed by atoms with Gasteiger partial charge >= 0.3 is 0 Å². The van der Waals surface area contributed by atoms with Gasteiger partial charge in [0.15, 0.2) is 0 Å². The molecule has 32 heavy (non-hydrogen) atoms. The van der Waals surface area contributed by atoms with Gasteiger partial charge in [-0.25, -0.2) is 8.42 Å². The maximum Gasteiger partial charge on any atom is 0.243 e. The highest BCUT2D eigenvalue weighted by atomic mass is 32.2. The molecule has 0 fully saturated rings. The molecule has 166 valence electrons. The highest BCUT2D eigenvalue weighted by Gasteiger charge is 2.27. The summed E-state index contributed by atoms with van der Waals surface area (Å²) < 4.78 is 32.9. The highest BCUT2D eigenvalue weighted by molar-refractivity contribution is 7.89. The van der Waals surface area contributed by atoms with Gasteiger partial charge in [0.1, 0.15) is 5.76 Å². The van der Waals surface area contributed by atoms with Gasteiger partial charge in [0.2, 0.25) is 15.9 Å². The minimum absolute atomic E-state index is 0.0287. The van der Waals surface area contributed by atoms with Gasteiger partial charge in [-0.3, -0.25) is 4.79 Å². The van der Waals surface area contributed by atoms with Gasteiger partial charge in [0.25, 0.3) is 0 Å². The number of rotatable bonds is 9. The molecule has 7 nitrogen and oxygen atoms in total. The predicted octanol–water partition coefficient (Wildman–Crippen LogP) is 3.62. The number of furan rings is 1. The summed E-state index contributed by atoms with van der Waals surface area (Å²) in [6, 6.07) is 17.9. The van der Waals surface area contributed by atoms with E-state index in [1.807, 2.05) is 37.4 Å². The van der Waals surface area contributed by atoms with E-state index in [-0.39, 0.29) is 23.9 Å². The van der Waals surface area contributed by atoms with Crippen molar-refractivity contribution in [2.75, 3.05) is 13.1 Å². The zero-order chi connectivity index (χ0) is 22.6. The second-order valence-electron chi connectivity index (χ2n) is 7.62. The van der Waals surface area contributed by atoms with Crippen LogP contribution in [0.5, 0.6) is 0 Å². The predicted molar refractivity (Wildman–Crippen MR) is 122 cm³/mol. The normalized spacial score (nSPS) is 11.8. The van der Waals surface area contributed by atoms with Gasteiger partial charge in [0, 0.05) is 23.6 Å². The van der Waals surface area contributed by atoms with Crippen molar-refractivity contribution >= 4 is 26.8 Å². The molecule has 2 N–H and O–H groups in total. The molecule has 0 radical (unpaired) electrons. The SMILES string of the molecule is Cc1ccc(S(=O)(=O)N(CC(=O)NCCc2c[nH]c3ccccc23)Cc2ccco2)cc1. The number of carbonyl (C=O) groups is 1. The third kappa shape index (κ3) is 4.92.